The first kappa shape index (κ1) is 20.1. The second-order valence-corrected chi connectivity index (χ2v) is 7.39. The van der Waals surface area contributed by atoms with Crippen LogP contribution < -0.4 is 0 Å². The molecule has 0 aromatic heterocycles. The third-order valence-electron chi connectivity index (χ3n) is 4.11. The van der Waals surface area contributed by atoms with Gasteiger partial charge in [-0.2, -0.15) is 0 Å². The van der Waals surface area contributed by atoms with Crippen LogP contribution in [0.1, 0.15) is 81.9 Å². The van der Waals surface area contributed by atoms with Crippen molar-refractivity contribution in [1.82, 2.24) is 0 Å². The van der Waals surface area contributed by atoms with Gasteiger partial charge in [-0.05, 0) is 17.7 Å². The average molecular weight is 337 g/mol. The molecule has 0 unspecified atom stereocenters. The highest BCUT2D eigenvalue weighted by Gasteiger charge is 2.19. The van der Waals surface area contributed by atoms with Crippen molar-refractivity contribution in [3.63, 3.8) is 0 Å². The predicted octanol–water partition coefficient (Wildman–Crippen LogP) is 6.47. The first-order chi connectivity index (χ1) is 11.3. The molecule has 1 atom stereocenters. The van der Waals surface area contributed by atoms with Crippen molar-refractivity contribution in [2.24, 2.45) is 0 Å². The van der Waals surface area contributed by atoms with E-state index in [2.05, 4.69) is 6.92 Å². The Hall–Kier alpha value is -0.960. The summed E-state index contributed by atoms with van der Waals surface area (Å²) in [6.45, 7) is 2.25. The highest BCUT2D eigenvalue weighted by molar-refractivity contribution is 8.00. The minimum Gasteiger partial charge on any atom is -0.480 e. The molecule has 0 spiro atoms. The van der Waals surface area contributed by atoms with E-state index in [0.717, 1.165) is 17.7 Å². The van der Waals surface area contributed by atoms with Gasteiger partial charge >= 0.3 is 5.97 Å². The number of carboxylic acids is 1. The number of hydrogen-bond acceptors (Lipinski definition) is 2. The molecular weight excluding hydrogens is 304 g/mol. The molecule has 0 fully saturated rings. The Morgan fingerprint density at radius 3 is 1.96 bits per heavy atom. The van der Waals surface area contributed by atoms with E-state index >= 15 is 0 Å². The van der Waals surface area contributed by atoms with Gasteiger partial charge in [0, 0.05) is 0 Å². The fraction of sp³-hybridized carbons (Fsp3) is 0.650. The second-order valence-electron chi connectivity index (χ2n) is 6.18. The number of benzene rings is 1. The maximum atomic E-state index is 11.4. The molecule has 0 radical (unpaired) electrons. The van der Waals surface area contributed by atoms with Gasteiger partial charge in [0.2, 0.25) is 0 Å². The Morgan fingerprint density at radius 1 is 0.913 bits per heavy atom. The van der Waals surface area contributed by atoms with Crippen LogP contribution in [0.3, 0.4) is 0 Å². The molecule has 1 rings (SSSR count). The van der Waals surface area contributed by atoms with Gasteiger partial charge in [0.05, 0.1) is 0 Å². The topological polar surface area (TPSA) is 37.3 Å². The van der Waals surface area contributed by atoms with Crippen molar-refractivity contribution in [1.29, 1.82) is 0 Å². The van der Waals surface area contributed by atoms with E-state index in [4.69, 9.17) is 0 Å². The highest BCUT2D eigenvalue weighted by Crippen LogP contribution is 2.29. The molecule has 0 bridgehead atoms. The molecule has 0 aliphatic carbocycles. The van der Waals surface area contributed by atoms with Crippen molar-refractivity contribution in [2.45, 2.75) is 76.4 Å². The Morgan fingerprint density at radius 2 is 1.43 bits per heavy atom. The third-order valence-corrected chi connectivity index (χ3v) is 5.44. The zero-order valence-electron chi connectivity index (χ0n) is 14.5. The molecule has 0 saturated carbocycles. The van der Waals surface area contributed by atoms with E-state index < -0.39 is 11.2 Å². The first-order valence-corrected chi connectivity index (χ1v) is 10.2. The maximum Gasteiger partial charge on any atom is 0.321 e. The lowest BCUT2D eigenvalue weighted by atomic mass is 10.1. The number of thioether (sulfide) groups is 1. The molecule has 1 aromatic rings. The fourth-order valence-electron chi connectivity index (χ4n) is 2.73. The summed E-state index contributed by atoms with van der Waals surface area (Å²) in [6, 6.07) is 9.56. The van der Waals surface area contributed by atoms with E-state index in [1.54, 1.807) is 11.8 Å². The molecule has 0 saturated heterocycles. The lowest BCUT2D eigenvalue weighted by Crippen LogP contribution is -2.08. The number of hydrogen-bond donors (Lipinski definition) is 1. The monoisotopic (exact) mass is 336 g/mol. The molecule has 1 N–H and O–H groups in total. The molecule has 2 nitrogen and oxygen atoms in total. The molecule has 0 aliphatic rings. The summed E-state index contributed by atoms with van der Waals surface area (Å²) in [5.74, 6) is 0.204. The van der Waals surface area contributed by atoms with Crippen LogP contribution in [0.25, 0.3) is 0 Å². The summed E-state index contributed by atoms with van der Waals surface area (Å²) in [5.41, 5.74) is 0.900. The second kappa shape index (κ2) is 13.5. The molecule has 0 amide bonds. The van der Waals surface area contributed by atoms with Gasteiger partial charge in [-0.25, -0.2) is 0 Å². The van der Waals surface area contributed by atoms with E-state index in [1.807, 2.05) is 30.3 Å². The van der Waals surface area contributed by atoms with E-state index in [-0.39, 0.29) is 0 Å². The fourth-order valence-corrected chi connectivity index (χ4v) is 3.83. The van der Waals surface area contributed by atoms with Gasteiger partial charge in [0.25, 0.3) is 0 Å². The number of unbranched alkanes of at least 4 members (excludes halogenated alkanes) is 9. The van der Waals surface area contributed by atoms with Gasteiger partial charge in [-0.1, -0.05) is 95.0 Å². The smallest absolute Gasteiger partial charge is 0.321 e. The van der Waals surface area contributed by atoms with Crippen LogP contribution in [0.5, 0.6) is 0 Å². The van der Waals surface area contributed by atoms with Gasteiger partial charge in [-0.3, -0.25) is 4.79 Å². The summed E-state index contributed by atoms with van der Waals surface area (Å²) in [5, 5.41) is 8.95. The van der Waals surface area contributed by atoms with Gasteiger partial charge in [0.1, 0.15) is 5.25 Å². The lowest BCUT2D eigenvalue weighted by Gasteiger charge is -2.12. The minimum atomic E-state index is -0.728. The highest BCUT2D eigenvalue weighted by atomic mass is 32.2. The van der Waals surface area contributed by atoms with Crippen LogP contribution in [-0.4, -0.2) is 16.8 Å². The van der Waals surface area contributed by atoms with Crippen LogP contribution in [0.2, 0.25) is 0 Å². The van der Waals surface area contributed by atoms with Gasteiger partial charge < -0.3 is 5.11 Å². The Kier molecular flexibility index (Phi) is 11.8. The normalized spacial score (nSPS) is 12.2. The van der Waals surface area contributed by atoms with Crippen LogP contribution in [-0.2, 0) is 4.79 Å². The number of rotatable bonds is 14. The largest absolute Gasteiger partial charge is 0.480 e. The van der Waals surface area contributed by atoms with Crippen molar-refractivity contribution in [3.05, 3.63) is 35.9 Å². The summed E-state index contributed by atoms with van der Waals surface area (Å²) in [4.78, 5) is 11.4. The Balaban J connectivity index is 2.04. The lowest BCUT2D eigenvalue weighted by molar-refractivity contribution is -0.136. The number of aliphatic carboxylic acids is 1. The number of carboxylic acid groups (broad SMARTS) is 1. The maximum absolute atomic E-state index is 11.4. The molecule has 130 valence electrons. The Labute approximate surface area is 146 Å². The van der Waals surface area contributed by atoms with Crippen molar-refractivity contribution in [3.8, 4) is 0 Å². The van der Waals surface area contributed by atoms with E-state index in [1.165, 1.54) is 57.8 Å². The average Bonchev–Trinajstić information content (AvgIpc) is 2.56. The third kappa shape index (κ3) is 9.70. The van der Waals surface area contributed by atoms with Crippen LogP contribution >= 0.6 is 11.8 Å². The van der Waals surface area contributed by atoms with Crippen LogP contribution in [0.4, 0.5) is 0 Å². The Bertz CT molecular complexity index is 405. The van der Waals surface area contributed by atoms with E-state index in [9.17, 15) is 9.90 Å². The summed E-state index contributed by atoms with van der Waals surface area (Å²) < 4.78 is 0. The summed E-state index contributed by atoms with van der Waals surface area (Å²) in [6.07, 6.45) is 13.2. The number of carbonyl (C=O) groups is 1. The first-order valence-electron chi connectivity index (χ1n) is 9.15. The van der Waals surface area contributed by atoms with Crippen molar-refractivity contribution < 1.29 is 9.90 Å². The molecule has 23 heavy (non-hydrogen) atoms. The van der Waals surface area contributed by atoms with Gasteiger partial charge in [0.15, 0.2) is 0 Å². The van der Waals surface area contributed by atoms with Crippen molar-refractivity contribution in [2.75, 3.05) is 5.75 Å². The van der Waals surface area contributed by atoms with Crippen LogP contribution in [0.15, 0.2) is 30.3 Å². The molecular formula is C20H32O2S. The molecule has 1 aromatic carbocycles. The zero-order chi connectivity index (χ0) is 16.8. The van der Waals surface area contributed by atoms with Crippen molar-refractivity contribution >= 4 is 17.7 Å². The molecule has 3 heteroatoms. The summed E-state index contributed by atoms with van der Waals surface area (Å²) in [7, 11) is 0. The van der Waals surface area contributed by atoms with Crippen LogP contribution in [0, 0.1) is 0 Å². The predicted molar refractivity (Wildman–Crippen MR) is 101 cm³/mol. The zero-order valence-corrected chi connectivity index (χ0v) is 15.3. The standard InChI is InChI=1S/C20H32O2S/c1-2-3-4-5-6-7-8-9-10-14-17-23-19(20(21)22)18-15-12-11-13-16-18/h11-13,15-16,19H,2-10,14,17H2,1H3,(H,21,22)/t19-/m0/s1. The quantitative estimate of drug-likeness (QED) is 0.396. The SMILES string of the molecule is CCCCCCCCCCCCS[C@H](C(=O)O)c1ccccc1. The summed E-state index contributed by atoms with van der Waals surface area (Å²) >= 11 is 1.56. The molecule has 0 heterocycles. The van der Waals surface area contributed by atoms with E-state index in [0.29, 0.717) is 0 Å². The molecule has 0 aliphatic heterocycles. The minimum absolute atomic E-state index is 0.422. The van der Waals surface area contributed by atoms with Gasteiger partial charge in [-0.15, -0.1) is 11.8 Å².